The van der Waals surface area contributed by atoms with Crippen LogP contribution >= 0.6 is 11.6 Å². The van der Waals surface area contributed by atoms with E-state index < -0.39 is 5.92 Å². The number of nitrogens with zero attached hydrogens (tertiary/aromatic N) is 2. The largest absolute Gasteiger partial charge is 0.353 e. The van der Waals surface area contributed by atoms with E-state index in [4.69, 9.17) is 11.6 Å². The molecule has 0 unspecified atom stereocenters. The quantitative estimate of drug-likeness (QED) is 0.888. The number of anilines is 1. The standard InChI is InChI=1S/C11H15ClF2N4/c1-7-2-11(13,14)6-18-9(7)5-17-10-15-3-8(12)4-16-10/h3-4,7,9,18H,2,5-6H2,1H3,(H,15,16,17)/t7-,9-/m1/s1. The molecule has 0 radical (unpaired) electrons. The van der Waals surface area contributed by atoms with E-state index in [2.05, 4.69) is 20.6 Å². The molecule has 2 N–H and O–H groups in total. The summed E-state index contributed by atoms with van der Waals surface area (Å²) in [4.78, 5) is 7.97. The molecule has 0 bridgehead atoms. The Balaban J connectivity index is 1.85. The molecule has 1 aromatic rings. The first-order chi connectivity index (χ1) is 8.46. The lowest BCUT2D eigenvalue weighted by Crippen LogP contribution is -2.52. The van der Waals surface area contributed by atoms with Gasteiger partial charge in [0.25, 0.3) is 5.92 Å². The number of rotatable bonds is 3. The number of alkyl halides is 2. The molecule has 1 aliphatic heterocycles. The monoisotopic (exact) mass is 276 g/mol. The van der Waals surface area contributed by atoms with E-state index in [0.29, 0.717) is 17.5 Å². The van der Waals surface area contributed by atoms with Crippen LogP contribution in [-0.4, -0.2) is 35.0 Å². The fourth-order valence-corrected chi connectivity index (χ4v) is 2.14. The molecule has 1 aromatic heterocycles. The predicted molar refractivity (Wildman–Crippen MR) is 66.1 cm³/mol. The van der Waals surface area contributed by atoms with Gasteiger partial charge in [-0.05, 0) is 5.92 Å². The Morgan fingerprint density at radius 1 is 1.50 bits per heavy atom. The highest BCUT2D eigenvalue weighted by Gasteiger charge is 2.38. The Morgan fingerprint density at radius 3 is 2.78 bits per heavy atom. The maximum Gasteiger partial charge on any atom is 0.260 e. The third-order valence-electron chi connectivity index (χ3n) is 3.03. The first-order valence-corrected chi connectivity index (χ1v) is 6.17. The summed E-state index contributed by atoms with van der Waals surface area (Å²) >= 11 is 5.67. The van der Waals surface area contributed by atoms with Crippen LogP contribution in [0, 0.1) is 5.92 Å². The summed E-state index contributed by atoms with van der Waals surface area (Å²) in [5.41, 5.74) is 0. The van der Waals surface area contributed by atoms with Crippen molar-refractivity contribution in [3.8, 4) is 0 Å². The molecule has 0 aromatic carbocycles. The Bertz CT molecular complexity index is 399. The van der Waals surface area contributed by atoms with Crippen molar-refractivity contribution in [3.05, 3.63) is 17.4 Å². The lowest BCUT2D eigenvalue weighted by atomic mass is 9.90. The fourth-order valence-electron chi connectivity index (χ4n) is 2.05. The van der Waals surface area contributed by atoms with Gasteiger partial charge in [0.15, 0.2) is 0 Å². The molecule has 4 nitrogen and oxygen atoms in total. The van der Waals surface area contributed by atoms with Crippen LogP contribution in [0.25, 0.3) is 0 Å². The van der Waals surface area contributed by atoms with Gasteiger partial charge in [0.1, 0.15) is 0 Å². The van der Waals surface area contributed by atoms with Crippen molar-refractivity contribution in [2.75, 3.05) is 18.4 Å². The van der Waals surface area contributed by atoms with Crippen molar-refractivity contribution in [2.24, 2.45) is 5.92 Å². The summed E-state index contributed by atoms with van der Waals surface area (Å²) < 4.78 is 26.2. The van der Waals surface area contributed by atoms with Gasteiger partial charge < -0.3 is 10.6 Å². The van der Waals surface area contributed by atoms with Crippen LogP contribution in [0.2, 0.25) is 5.02 Å². The third kappa shape index (κ3) is 3.49. The molecular formula is C11H15ClF2N4. The molecule has 1 fully saturated rings. The Hall–Kier alpha value is -1.01. The molecule has 2 atom stereocenters. The zero-order valence-electron chi connectivity index (χ0n) is 9.96. The van der Waals surface area contributed by atoms with Crippen molar-refractivity contribution >= 4 is 17.5 Å². The van der Waals surface area contributed by atoms with Crippen LogP contribution < -0.4 is 10.6 Å². The van der Waals surface area contributed by atoms with Gasteiger partial charge in [0, 0.05) is 19.0 Å². The molecule has 18 heavy (non-hydrogen) atoms. The summed E-state index contributed by atoms with van der Waals surface area (Å²) in [6.07, 6.45) is 2.89. The van der Waals surface area contributed by atoms with Crippen LogP contribution in [0.15, 0.2) is 12.4 Å². The van der Waals surface area contributed by atoms with E-state index in [1.165, 1.54) is 12.4 Å². The second-order valence-corrected chi connectivity index (χ2v) is 5.07. The SMILES string of the molecule is C[C@@H]1CC(F)(F)CN[C@@H]1CNc1ncc(Cl)cn1. The fraction of sp³-hybridized carbons (Fsp3) is 0.636. The molecule has 0 amide bonds. The first kappa shape index (κ1) is 13.4. The highest BCUT2D eigenvalue weighted by Crippen LogP contribution is 2.28. The number of aromatic nitrogens is 2. The second-order valence-electron chi connectivity index (χ2n) is 4.63. The minimum absolute atomic E-state index is 0.0103. The van der Waals surface area contributed by atoms with E-state index >= 15 is 0 Å². The molecule has 0 aliphatic carbocycles. The summed E-state index contributed by atoms with van der Waals surface area (Å²) in [7, 11) is 0. The van der Waals surface area contributed by atoms with Crippen LogP contribution in [-0.2, 0) is 0 Å². The van der Waals surface area contributed by atoms with Crippen molar-refractivity contribution in [2.45, 2.75) is 25.3 Å². The van der Waals surface area contributed by atoms with E-state index in [1.54, 1.807) is 0 Å². The zero-order valence-corrected chi connectivity index (χ0v) is 10.7. The molecule has 1 aliphatic rings. The van der Waals surface area contributed by atoms with Crippen LogP contribution in [0.1, 0.15) is 13.3 Å². The normalized spacial score (nSPS) is 26.9. The van der Waals surface area contributed by atoms with Crippen LogP contribution in [0.5, 0.6) is 0 Å². The Labute approximate surface area is 109 Å². The van der Waals surface area contributed by atoms with Gasteiger partial charge in [-0.3, -0.25) is 0 Å². The van der Waals surface area contributed by atoms with Gasteiger partial charge in [-0.25, -0.2) is 18.7 Å². The molecule has 2 heterocycles. The summed E-state index contributed by atoms with van der Waals surface area (Å²) in [5, 5.41) is 6.32. The lowest BCUT2D eigenvalue weighted by molar-refractivity contribution is -0.0472. The van der Waals surface area contributed by atoms with Crippen molar-refractivity contribution < 1.29 is 8.78 Å². The number of hydrogen-bond donors (Lipinski definition) is 2. The molecule has 100 valence electrons. The van der Waals surface area contributed by atoms with Gasteiger partial charge in [-0.15, -0.1) is 0 Å². The van der Waals surface area contributed by atoms with Crippen LogP contribution in [0.3, 0.4) is 0 Å². The molecular weight excluding hydrogens is 262 g/mol. The summed E-state index contributed by atoms with van der Waals surface area (Å²) in [5.74, 6) is -2.26. The molecule has 2 rings (SSSR count). The van der Waals surface area contributed by atoms with E-state index in [-0.39, 0.29) is 24.9 Å². The molecule has 7 heteroatoms. The minimum atomic E-state index is -2.60. The smallest absolute Gasteiger partial charge is 0.260 e. The summed E-state index contributed by atoms with van der Waals surface area (Å²) in [6, 6.07) is -0.0103. The second kappa shape index (κ2) is 5.32. The van der Waals surface area contributed by atoms with Gasteiger partial charge in [0.2, 0.25) is 5.95 Å². The third-order valence-corrected chi connectivity index (χ3v) is 3.23. The number of nitrogens with one attached hydrogen (secondary N) is 2. The molecule has 0 spiro atoms. The van der Waals surface area contributed by atoms with Gasteiger partial charge in [-0.1, -0.05) is 18.5 Å². The predicted octanol–water partition coefficient (Wildman–Crippen LogP) is 2.18. The maximum absolute atomic E-state index is 13.1. The Morgan fingerprint density at radius 2 is 2.17 bits per heavy atom. The Kier molecular flexibility index (Phi) is 3.97. The van der Waals surface area contributed by atoms with Gasteiger partial charge >= 0.3 is 0 Å². The lowest BCUT2D eigenvalue weighted by Gasteiger charge is -2.35. The zero-order chi connectivity index (χ0) is 13.2. The highest BCUT2D eigenvalue weighted by molar-refractivity contribution is 6.30. The van der Waals surface area contributed by atoms with Crippen molar-refractivity contribution in [3.63, 3.8) is 0 Å². The van der Waals surface area contributed by atoms with Gasteiger partial charge in [0.05, 0.1) is 24.0 Å². The minimum Gasteiger partial charge on any atom is -0.353 e. The summed E-state index contributed by atoms with van der Waals surface area (Å²) in [6.45, 7) is 2.05. The average Bonchev–Trinajstić information content (AvgIpc) is 2.29. The molecule has 0 saturated carbocycles. The van der Waals surface area contributed by atoms with E-state index in [0.717, 1.165) is 0 Å². The maximum atomic E-state index is 13.1. The van der Waals surface area contributed by atoms with E-state index in [1.807, 2.05) is 6.92 Å². The number of piperidine rings is 1. The van der Waals surface area contributed by atoms with Gasteiger partial charge in [-0.2, -0.15) is 0 Å². The molecule has 1 saturated heterocycles. The van der Waals surface area contributed by atoms with E-state index in [9.17, 15) is 8.78 Å². The number of halogens is 3. The average molecular weight is 277 g/mol. The number of hydrogen-bond acceptors (Lipinski definition) is 4. The van der Waals surface area contributed by atoms with Crippen molar-refractivity contribution in [1.82, 2.24) is 15.3 Å². The highest BCUT2D eigenvalue weighted by atomic mass is 35.5. The van der Waals surface area contributed by atoms with Crippen LogP contribution in [0.4, 0.5) is 14.7 Å². The topological polar surface area (TPSA) is 49.8 Å². The first-order valence-electron chi connectivity index (χ1n) is 5.79. The van der Waals surface area contributed by atoms with Crippen molar-refractivity contribution in [1.29, 1.82) is 0 Å².